The first-order chi connectivity index (χ1) is 11.1. The van der Waals surface area contributed by atoms with Crippen molar-refractivity contribution >= 4 is 49.9 Å². The number of ether oxygens (including phenoxy) is 1. The SMILES string of the molecule is O=C(COc1ccc2ccccc2c1Br)NC(=S)N1CCCC1. The lowest BCUT2D eigenvalue weighted by atomic mass is 10.1. The number of hydrogen-bond donors (Lipinski definition) is 1. The first kappa shape index (κ1) is 16.2. The zero-order valence-corrected chi connectivity index (χ0v) is 15.0. The lowest BCUT2D eigenvalue weighted by Gasteiger charge is -2.18. The predicted molar refractivity (Wildman–Crippen MR) is 98.7 cm³/mol. The maximum absolute atomic E-state index is 12.0. The highest BCUT2D eigenvalue weighted by molar-refractivity contribution is 9.10. The molecule has 23 heavy (non-hydrogen) atoms. The second kappa shape index (κ2) is 7.27. The number of halogens is 1. The summed E-state index contributed by atoms with van der Waals surface area (Å²) in [5.74, 6) is 0.410. The number of fused-ring (bicyclic) bond motifs is 1. The van der Waals surface area contributed by atoms with Gasteiger partial charge in [0.2, 0.25) is 0 Å². The van der Waals surface area contributed by atoms with Gasteiger partial charge < -0.3 is 15.0 Å². The monoisotopic (exact) mass is 392 g/mol. The Morgan fingerprint density at radius 1 is 1.22 bits per heavy atom. The van der Waals surface area contributed by atoms with Crippen molar-refractivity contribution in [3.8, 4) is 5.75 Å². The second-order valence-corrected chi connectivity index (χ2v) is 6.61. The number of nitrogens with one attached hydrogen (secondary N) is 1. The highest BCUT2D eigenvalue weighted by atomic mass is 79.9. The Kier molecular flexibility index (Phi) is 5.13. The van der Waals surface area contributed by atoms with E-state index in [1.165, 1.54) is 0 Å². The van der Waals surface area contributed by atoms with E-state index in [9.17, 15) is 4.79 Å². The number of benzene rings is 2. The second-order valence-electron chi connectivity index (χ2n) is 5.43. The number of nitrogens with zero attached hydrogens (tertiary/aromatic N) is 1. The predicted octanol–water partition coefficient (Wildman–Crippen LogP) is 3.48. The third-order valence-electron chi connectivity index (χ3n) is 3.83. The van der Waals surface area contributed by atoms with Crippen LogP contribution in [0.15, 0.2) is 40.9 Å². The molecule has 3 rings (SSSR count). The largest absolute Gasteiger partial charge is 0.483 e. The number of hydrogen-bond acceptors (Lipinski definition) is 3. The molecular weight excluding hydrogens is 376 g/mol. The summed E-state index contributed by atoms with van der Waals surface area (Å²) in [6, 6.07) is 11.8. The zero-order chi connectivity index (χ0) is 16.2. The van der Waals surface area contributed by atoms with Gasteiger partial charge in [-0.05, 0) is 57.8 Å². The molecule has 0 radical (unpaired) electrons. The molecule has 0 saturated carbocycles. The lowest BCUT2D eigenvalue weighted by Crippen LogP contribution is -2.42. The number of amides is 1. The lowest BCUT2D eigenvalue weighted by molar-refractivity contribution is -0.121. The van der Waals surface area contributed by atoms with Crippen molar-refractivity contribution in [2.24, 2.45) is 0 Å². The molecule has 1 N–H and O–H groups in total. The third-order valence-corrected chi connectivity index (χ3v) is 5.00. The van der Waals surface area contributed by atoms with E-state index in [1.807, 2.05) is 41.3 Å². The molecule has 1 aliphatic rings. The molecule has 2 aromatic carbocycles. The number of carbonyl (C=O) groups excluding carboxylic acids is 1. The van der Waals surface area contributed by atoms with Crippen LogP contribution in [0.3, 0.4) is 0 Å². The molecule has 2 aromatic rings. The van der Waals surface area contributed by atoms with Crippen molar-refractivity contribution in [1.82, 2.24) is 10.2 Å². The van der Waals surface area contributed by atoms with Gasteiger partial charge in [-0.15, -0.1) is 0 Å². The molecule has 1 fully saturated rings. The molecular formula is C17H17BrN2O2S. The summed E-state index contributed by atoms with van der Waals surface area (Å²) in [5, 5.41) is 5.39. The summed E-state index contributed by atoms with van der Waals surface area (Å²) >= 11 is 8.79. The van der Waals surface area contributed by atoms with Crippen LogP contribution in [0.1, 0.15) is 12.8 Å². The van der Waals surface area contributed by atoms with Gasteiger partial charge >= 0.3 is 0 Å². The minimum Gasteiger partial charge on any atom is -0.483 e. The Hall–Kier alpha value is -1.66. The van der Waals surface area contributed by atoms with Crippen molar-refractivity contribution in [2.75, 3.05) is 19.7 Å². The molecule has 1 heterocycles. The fraction of sp³-hybridized carbons (Fsp3) is 0.294. The first-order valence-electron chi connectivity index (χ1n) is 7.54. The summed E-state index contributed by atoms with van der Waals surface area (Å²) in [4.78, 5) is 14.0. The molecule has 0 spiro atoms. The number of rotatable bonds is 3. The van der Waals surface area contributed by atoms with Gasteiger partial charge in [0.05, 0.1) is 4.47 Å². The Labute approximate surface area is 148 Å². The fourth-order valence-corrected chi connectivity index (χ4v) is 3.53. The van der Waals surface area contributed by atoms with E-state index in [1.54, 1.807) is 0 Å². The van der Waals surface area contributed by atoms with Crippen LogP contribution in [-0.2, 0) is 4.79 Å². The minimum atomic E-state index is -0.234. The van der Waals surface area contributed by atoms with Gasteiger partial charge in [0.15, 0.2) is 11.7 Å². The molecule has 6 heteroatoms. The summed E-state index contributed by atoms with van der Waals surface area (Å²) in [5.41, 5.74) is 0. The molecule has 4 nitrogen and oxygen atoms in total. The van der Waals surface area contributed by atoms with Crippen molar-refractivity contribution in [3.05, 3.63) is 40.9 Å². The van der Waals surface area contributed by atoms with Crippen molar-refractivity contribution in [3.63, 3.8) is 0 Å². The summed E-state index contributed by atoms with van der Waals surface area (Å²) < 4.78 is 6.49. The van der Waals surface area contributed by atoms with Crippen LogP contribution >= 0.6 is 28.1 Å². The van der Waals surface area contributed by atoms with E-state index in [0.29, 0.717) is 10.9 Å². The van der Waals surface area contributed by atoms with Crippen LogP contribution < -0.4 is 10.1 Å². The average molecular weight is 393 g/mol. The molecule has 120 valence electrons. The maximum Gasteiger partial charge on any atom is 0.264 e. The third kappa shape index (κ3) is 3.82. The van der Waals surface area contributed by atoms with Crippen LogP contribution in [0.4, 0.5) is 0 Å². The van der Waals surface area contributed by atoms with Gasteiger partial charge in [0.25, 0.3) is 5.91 Å². The maximum atomic E-state index is 12.0. The van der Waals surface area contributed by atoms with Crippen molar-refractivity contribution in [2.45, 2.75) is 12.8 Å². The van der Waals surface area contributed by atoms with E-state index >= 15 is 0 Å². The van der Waals surface area contributed by atoms with Crippen LogP contribution in [0.25, 0.3) is 10.8 Å². The van der Waals surface area contributed by atoms with E-state index in [2.05, 4.69) is 21.2 Å². The zero-order valence-electron chi connectivity index (χ0n) is 12.5. The smallest absolute Gasteiger partial charge is 0.264 e. The van der Waals surface area contributed by atoms with Crippen LogP contribution in [-0.4, -0.2) is 35.6 Å². The molecule has 0 unspecified atom stereocenters. The highest BCUT2D eigenvalue weighted by Crippen LogP contribution is 2.32. The van der Waals surface area contributed by atoms with Crippen LogP contribution in [0, 0.1) is 0 Å². The Morgan fingerprint density at radius 2 is 1.96 bits per heavy atom. The Balaban J connectivity index is 1.60. The molecule has 1 amide bonds. The molecule has 0 bridgehead atoms. The topological polar surface area (TPSA) is 41.6 Å². The highest BCUT2D eigenvalue weighted by Gasteiger charge is 2.17. The minimum absolute atomic E-state index is 0.0646. The fourth-order valence-electron chi connectivity index (χ4n) is 2.62. The van der Waals surface area contributed by atoms with Crippen LogP contribution in [0.5, 0.6) is 5.75 Å². The summed E-state index contributed by atoms with van der Waals surface area (Å²) in [7, 11) is 0. The first-order valence-corrected chi connectivity index (χ1v) is 8.74. The molecule has 0 aromatic heterocycles. The summed E-state index contributed by atoms with van der Waals surface area (Å²) in [6.45, 7) is 1.76. The number of likely N-dealkylation sites (tertiary alicyclic amines) is 1. The van der Waals surface area contributed by atoms with E-state index < -0.39 is 0 Å². The van der Waals surface area contributed by atoms with Gasteiger partial charge in [-0.3, -0.25) is 4.79 Å². The van der Waals surface area contributed by atoms with E-state index in [-0.39, 0.29) is 12.5 Å². The van der Waals surface area contributed by atoms with Crippen molar-refractivity contribution < 1.29 is 9.53 Å². The number of carbonyl (C=O) groups is 1. The molecule has 1 saturated heterocycles. The van der Waals surface area contributed by atoms with Crippen LogP contribution in [0.2, 0.25) is 0 Å². The van der Waals surface area contributed by atoms with Gasteiger partial charge in [0.1, 0.15) is 5.75 Å². The molecule has 0 atom stereocenters. The van der Waals surface area contributed by atoms with E-state index in [4.69, 9.17) is 17.0 Å². The Bertz CT molecular complexity index is 744. The quantitative estimate of drug-likeness (QED) is 0.811. The standard InChI is InChI=1S/C17H17BrN2O2S/c18-16-13-6-2-1-5-12(13)7-8-14(16)22-11-15(21)19-17(23)20-9-3-4-10-20/h1-2,5-8H,3-4,9-11H2,(H,19,21,23). The summed E-state index contributed by atoms with van der Waals surface area (Å²) in [6.07, 6.45) is 2.24. The normalized spacial score (nSPS) is 14.0. The number of thiocarbonyl (C=S) groups is 1. The van der Waals surface area contributed by atoms with Gasteiger partial charge in [0, 0.05) is 13.1 Å². The Morgan fingerprint density at radius 3 is 2.74 bits per heavy atom. The molecule has 1 aliphatic heterocycles. The van der Waals surface area contributed by atoms with E-state index in [0.717, 1.165) is 41.2 Å². The van der Waals surface area contributed by atoms with Crippen molar-refractivity contribution in [1.29, 1.82) is 0 Å². The average Bonchev–Trinajstić information content (AvgIpc) is 3.09. The van der Waals surface area contributed by atoms with Gasteiger partial charge in [-0.25, -0.2) is 0 Å². The molecule has 0 aliphatic carbocycles. The van der Waals surface area contributed by atoms with Gasteiger partial charge in [-0.2, -0.15) is 0 Å². The van der Waals surface area contributed by atoms with Gasteiger partial charge in [-0.1, -0.05) is 30.3 Å².